The molecule has 2 amide bonds. The molecule has 0 spiro atoms. The fourth-order valence-electron chi connectivity index (χ4n) is 9.66. The number of hydrogen-bond acceptors (Lipinski definition) is 12. The van der Waals surface area contributed by atoms with Crippen LogP contribution in [0.3, 0.4) is 0 Å². The zero-order chi connectivity index (χ0) is 43.0. The highest BCUT2D eigenvalue weighted by molar-refractivity contribution is 5.81. The molecule has 0 saturated heterocycles. The van der Waals surface area contributed by atoms with Gasteiger partial charge < -0.3 is 39.1 Å². The van der Waals surface area contributed by atoms with E-state index < -0.39 is 36.3 Å². The van der Waals surface area contributed by atoms with Crippen molar-refractivity contribution in [2.24, 2.45) is 35.5 Å². The Morgan fingerprint density at radius 2 is 0.833 bits per heavy atom. The Morgan fingerprint density at radius 3 is 1.18 bits per heavy atom. The second-order valence-electron chi connectivity index (χ2n) is 17.2. The average molecular weight is 845 g/mol. The van der Waals surface area contributed by atoms with Crippen molar-refractivity contribution < 1.29 is 57.2 Å². The number of rotatable bonds is 23. The Bertz CT molecular complexity index is 1260. The normalized spacial score (nSPS) is 23.4. The molecule has 60 heavy (non-hydrogen) atoms. The number of amides is 2. The number of esters is 4. The molecular weight excluding hydrogens is 773 g/mol. The molecule has 0 aromatic carbocycles. The predicted octanol–water partition coefficient (Wildman–Crippen LogP) is 8.05. The van der Waals surface area contributed by atoms with Gasteiger partial charge in [0.25, 0.3) is 0 Å². The lowest BCUT2D eigenvalue weighted by Gasteiger charge is -2.35. The SMILES string of the molecule is C=CC(=O)OCCNC(=O)OC(CCCCC(COC(=O)C1CCC(C2CCCCC2)CC1)OC(=O)NCCOC(=O)C=C)COC(=O)C1CCC(C2CCCCC2)CC1. The number of unbranched alkanes of at least 4 members (excludes halogenated alkanes) is 1. The molecule has 2 atom stereocenters. The quantitative estimate of drug-likeness (QED) is 0.0438. The molecule has 4 fully saturated rings. The fourth-order valence-corrected chi connectivity index (χ4v) is 9.66. The standard InChI is InChI=1S/C46H72N2O12/c1-3-41(49)55-29-27-47-45(53)59-39(31-57-43(51)37-23-19-35(20-24-37)33-13-7-5-8-14-33)17-11-12-18-40(60-46(54)48-28-30-56-42(50)4-2)32-58-44(52)38-25-21-36(22-26-38)34-15-9-6-10-16-34/h3-4,33-40H,1-2,5-32H2,(H,47,53)(H,48,54). The van der Waals surface area contributed by atoms with Crippen molar-refractivity contribution in [3.05, 3.63) is 25.3 Å². The van der Waals surface area contributed by atoms with E-state index in [4.69, 9.17) is 28.4 Å². The summed E-state index contributed by atoms with van der Waals surface area (Å²) in [5.74, 6) is 0.776. The predicted molar refractivity (Wildman–Crippen MR) is 223 cm³/mol. The molecule has 0 heterocycles. The second-order valence-corrected chi connectivity index (χ2v) is 17.2. The molecular formula is C46H72N2O12. The van der Waals surface area contributed by atoms with E-state index in [1.807, 2.05) is 0 Å². The summed E-state index contributed by atoms with van der Waals surface area (Å²) in [4.78, 5) is 74.6. The highest BCUT2D eigenvalue weighted by atomic mass is 16.6. The van der Waals surface area contributed by atoms with Gasteiger partial charge in [-0.05, 0) is 101 Å². The van der Waals surface area contributed by atoms with Crippen LogP contribution in [-0.2, 0) is 47.6 Å². The zero-order valence-corrected chi connectivity index (χ0v) is 35.9. The number of hydrogen-bond donors (Lipinski definition) is 2. The number of carbonyl (C=O) groups excluding carboxylic acids is 6. The van der Waals surface area contributed by atoms with Crippen molar-refractivity contribution in [2.45, 2.75) is 153 Å². The van der Waals surface area contributed by atoms with Gasteiger partial charge in [0.1, 0.15) is 38.6 Å². The van der Waals surface area contributed by atoms with E-state index in [0.717, 1.165) is 75.4 Å². The van der Waals surface area contributed by atoms with E-state index in [2.05, 4.69) is 23.8 Å². The van der Waals surface area contributed by atoms with Crippen molar-refractivity contribution in [1.82, 2.24) is 10.6 Å². The molecule has 14 heteroatoms. The van der Waals surface area contributed by atoms with E-state index in [0.29, 0.717) is 37.5 Å². The minimum atomic E-state index is -0.759. The zero-order valence-electron chi connectivity index (χ0n) is 35.9. The van der Waals surface area contributed by atoms with Crippen LogP contribution < -0.4 is 10.6 Å². The van der Waals surface area contributed by atoms with Crippen molar-refractivity contribution in [1.29, 1.82) is 0 Å². The first-order chi connectivity index (χ1) is 29.1. The molecule has 0 aromatic heterocycles. The molecule has 0 aromatic rings. The Labute approximate surface area is 357 Å². The van der Waals surface area contributed by atoms with Crippen LogP contribution in [0.2, 0.25) is 0 Å². The topological polar surface area (TPSA) is 182 Å². The summed E-state index contributed by atoms with van der Waals surface area (Å²) in [5, 5.41) is 5.11. The fraction of sp³-hybridized carbons (Fsp3) is 0.783. The van der Waals surface area contributed by atoms with Gasteiger partial charge in [-0.25, -0.2) is 19.2 Å². The summed E-state index contributed by atoms with van der Waals surface area (Å²) in [6.45, 7) is 6.39. The second kappa shape index (κ2) is 27.7. The third-order valence-electron chi connectivity index (χ3n) is 13.1. The summed E-state index contributed by atoms with van der Waals surface area (Å²) >= 11 is 0. The van der Waals surface area contributed by atoms with Gasteiger partial charge in [0.15, 0.2) is 0 Å². The van der Waals surface area contributed by atoms with E-state index >= 15 is 0 Å². The monoisotopic (exact) mass is 845 g/mol. The smallest absolute Gasteiger partial charge is 0.407 e. The van der Waals surface area contributed by atoms with Crippen LogP contribution in [0.4, 0.5) is 9.59 Å². The first-order valence-corrected chi connectivity index (χ1v) is 23.0. The number of nitrogens with one attached hydrogen (secondary N) is 2. The Kier molecular flexibility index (Phi) is 22.4. The maximum Gasteiger partial charge on any atom is 0.407 e. The third kappa shape index (κ3) is 18.3. The first kappa shape index (κ1) is 48.6. The van der Waals surface area contributed by atoms with E-state index in [1.165, 1.54) is 64.2 Å². The summed E-state index contributed by atoms with van der Waals surface area (Å²) in [6, 6.07) is 0. The van der Waals surface area contributed by atoms with Gasteiger partial charge >= 0.3 is 36.1 Å². The third-order valence-corrected chi connectivity index (χ3v) is 13.1. The summed E-state index contributed by atoms with van der Waals surface area (Å²) in [7, 11) is 0. The van der Waals surface area contributed by atoms with Gasteiger partial charge in [-0.2, -0.15) is 0 Å². The number of ether oxygens (including phenoxy) is 6. The number of alkyl carbamates (subject to hydrolysis) is 2. The van der Waals surface area contributed by atoms with Crippen molar-refractivity contribution in [3.8, 4) is 0 Å². The molecule has 4 aliphatic carbocycles. The molecule has 4 saturated carbocycles. The van der Waals surface area contributed by atoms with Crippen LogP contribution in [0.5, 0.6) is 0 Å². The molecule has 0 radical (unpaired) electrons. The molecule has 338 valence electrons. The molecule has 4 aliphatic rings. The van der Waals surface area contributed by atoms with Crippen molar-refractivity contribution in [2.75, 3.05) is 39.5 Å². The van der Waals surface area contributed by atoms with Crippen LogP contribution in [-0.4, -0.2) is 87.8 Å². The maximum atomic E-state index is 13.2. The summed E-state index contributed by atoms with van der Waals surface area (Å²) < 4.78 is 32.7. The van der Waals surface area contributed by atoms with Gasteiger partial charge in [0.2, 0.25) is 0 Å². The Morgan fingerprint density at radius 1 is 0.483 bits per heavy atom. The van der Waals surface area contributed by atoms with E-state index in [1.54, 1.807) is 0 Å². The lowest BCUT2D eigenvalue weighted by atomic mass is 9.71. The minimum Gasteiger partial charge on any atom is -0.462 e. The molecule has 2 N–H and O–H groups in total. The van der Waals surface area contributed by atoms with Gasteiger partial charge in [0.05, 0.1) is 24.9 Å². The first-order valence-electron chi connectivity index (χ1n) is 23.0. The van der Waals surface area contributed by atoms with Crippen LogP contribution in [0.25, 0.3) is 0 Å². The summed E-state index contributed by atoms with van der Waals surface area (Å²) in [5.41, 5.74) is 0. The van der Waals surface area contributed by atoms with Crippen molar-refractivity contribution in [3.63, 3.8) is 0 Å². The largest absolute Gasteiger partial charge is 0.462 e. The lowest BCUT2D eigenvalue weighted by Crippen LogP contribution is -2.35. The highest BCUT2D eigenvalue weighted by Crippen LogP contribution is 2.41. The van der Waals surface area contributed by atoms with E-state index in [-0.39, 0.29) is 63.3 Å². The summed E-state index contributed by atoms with van der Waals surface area (Å²) in [6.07, 6.45) is 21.1. The average Bonchev–Trinajstić information content (AvgIpc) is 3.29. The highest BCUT2D eigenvalue weighted by Gasteiger charge is 2.34. The van der Waals surface area contributed by atoms with Crippen LogP contribution in [0.1, 0.15) is 141 Å². The van der Waals surface area contributed by atoms with Gasteiger partial charge in [-0.3, -0.25) is 9.59 Å². The Balaban J connectivity index is 1.26. The van der Waals surface area contributed by atoms with Crippen LogP contribution in [0, 0.1) is 35.5 Å². The number of carbonyl (C=O) groups is 6. The maximum absolute atomic E-state index is 13.2. The Hall–Kier alpha value is -4.10. The molecule has 0 bridgehead atoms. The van der Waals surface area contributed by atoms with Crippen molar-refractivity contribution >= 4 is 36.1 Å². The van der Waals surface area contributed by atoms with Crippen LogP contribution in [0.15, 0.2) is 25.3 Å². The lowest BCUT2D eigenvalue weighted by molar-refractivity contribution is -0.154. The van der Waals surface area contributed by atoms with Crippen LogP contribution >= 0.6 is 0 Å². The van der Waals surface area contributed by atoms with Gasteiger partial charge in [0, 0.05) is 12.2 Å². The molecule has 2 unspecified atom stereocenters. The molecule has 14 nitrogen and oxygen atoms in total. The van der Waals surface area contributed by atoms with Gasteiger partial charge in [-0.15, -0.1) is 0 Å². The van der Waals surface area contributed by atoms with E-state index in [9.17, 15) is 28.8 Å². The molecule has 4 rings (SSSR count). The molecule has 0 aliphatic heterocycles. The minimum absolute atomic E-state index is 0.0214. The van der Waals surface area contributed by atoms with Gasteiger partial charge in [-0.1, -0.05) is 77.4 Å².